The number of benzene rings is 2. The number of anilines is 1. The highest BCUT2D eigenvalue weighted by atomic mass is 79.9. The van der Waals surface area contributed by atoms with Crippen molar-refractivity contribution >= 4 is 39.4 Å². The van der Waals surface area contributed by atoms with E-state index in [-0.39, 0.29) is 28.2 Å². The molecular weight excluding hydrogens is 457 g/mol. The molecule has 0 fully saturated rings. The lowest BCUT2D eigenvalue weighted by Crippen LogP contribution is -2.31. The second-order valence-corrected chi connectivity index (χ2v) is 8.71. The number of hydrogen-bond donors (Lipinski definition) is 2. The zero-order valence-corrected chi connectivity index (χ0v) is 17.9. The topological polar surface area (TPSA) is 74.8 Å². The van der Waals surface area contributed by atoms with E-state index in [9.17, 15) is 14.0 Å². The van der Waals surface area contributed by atoms with Crippen molar-refractivity contribution in [1.29, 1.82) is 0 Å². The predicted molar refractivity (Wildman–Crippen MR) is 115 cm³/mol. The summed E-state index contributed by atoms with van der Waals surface area (Å²) in [5.74, 6) is -0.198. The number of carbonyl (C=O) groups excluding carboxylic acids is 1. The van der Waals surface area contributed by atoms with Crippen LogP contribution in [0.5, 0.6) is 0 Å². The highest BCUT2D eigenvalue weighted by Crippen LogP contribution is 2.36. The van der Waals surface area contributed by atoms with Crippen molar-refractivity contribution in [3.8, 4) is 0 Å². The van der Waals surface area contributed by atoms with Crippen LogP contribution < -0.4 is 10.9 Å². The van der Waals surface area contributed by atoms with Gasteiger partial charge in [0.1, 0.15) is 11.6 Å². The molecule has 1 amide bonds. The van der Waals surface area contributed by atoms with Gasteiger partial charge in [-0.05, 0) is 46.1 Å². The summed E-state index contributed by atoms with van der Waals surface area (Å²) in [4.78, 5) is 32.4. The van der Waals surface area contributed by atoms with Crippen LogP contribution >= 0.6 is 27.7 Å². The SMILES string of the molecule is Cc1cccc(CSc2nc3c(c(=O)[nH]2)C(c2ccc(F)c(Br)c2)CC(=O)N3)c1. The van der Waals surface area contributed by atoms with Gasteiger partial charge in [-0.15, -0.1) is 0 Å². The van der Waals surface area contributed by atoms with Crippen molar-refractivity contribution in [2.24, 2.45) is 0 Å². The molecule has 2 aromatic carbocycles. The third-order valence-electron chi connectivity index (χ3n) is 4.73. The van der Waals surface area contributed by atoms with Gasteiger partial charge in [0, 0.05) is 18.1 Å². The van der Waals surface area contributed by atoms with Gasteiger partial charge in [-0.1, -0.05) is 47.7 Å². The lowest BCUT2D eigenvalue weighted by atomic mass is 9.87. The summed E-state index contributed by atoms with van der Waals surface area (Å²) < 4.78 is 13.9. The zero-order chi connectivity index (χ0) is 20.5. The molecule has 0 saturated carbocycles. The van der Waals surface area contributed by atoms with Crippen LogP contribution in [0, 0.1) is 12.7 Å². The molecule has 148 valence electrons. The molecular formula is C21H17BrFN3O2S. The Balaban J connectivity index is 1.66. The molecule has 0 radical (unpaired) electrons. The van der Waals surface area contributed by atoms with Crippen LogP contribution in [0.2, 0.25) is 0 Å². The second kappa shape index (κ2) is 8.12. The fourth-order valence-electron chi connectivity index (χ4n) is 3.39. The average Bonchev–Trinajstić information content (AvgIpc) is 2.67. The van der Waals surface area contributed by atoms with Crippen molar-refractivity contribution < 1.29 is 9.18 Å². The van der Waals surface area contributed by atoms with Gasteiger partial charge in [-0.3, -0.25) is 9.59 Å². The van der Waals surface area contributed by atoms with Gasteiger partial charge >= 0.3 is 0 Å². The van der Waals surface area contributed by atoms with Crippen molar-refractivity contribution in [3.05, 3.63) is 85.4 Å². The molecule has 3 aromatic rings. The first-order valence-corrected chi connectivity index (χ1v) is 10.8. The Morgan fingerprint density at radius 1 is 1.24 bits per heavy atom. The number of amides is 1. The molecule has 0 spiro atoms. The first kappa shape index (κ1) is 19.8. The number of thioether (sulfide) groups is 1. The van der Waals surface area contributed by atoms with E-state index in [0.717, 1.165) is 11.1 Å². The lowest BCUT2D eigenvalue weighted by Gasteiger charge is -2.24. The minimum absolute atomic E-state index is 0.103. The molecule has 5 nitrogen and oxygen atoms in total. The number of aromatic nitrogens is 2. The third-order valence-corrected chi connectivity index (χ3v) is 6.29. The average molecular weight is 474 g/mol. The molecule has 0 aliphatic carbocycles. The number of rotatable bonds is 4. The van der Waals surface area contributed by atoms with Gasteiger partial charge in [0.05, 0.1) is 10.0 Å². The molecule has 0 bridgehead atoms. The number of nitrogens with zero attached hydrogens (tertiary/aromatic N) is 1. The summed E-state index contributed by atoms with van der Waals surface area (Å²) in [5, 5.41) is 3.15. The van der Waals surface area contributed by atoms with Crippen molar-refractivity contribution in [2.75, 3.05) is 5.32 Å². The quantitative estimate of drug-likeness (QED) is 0.423. The summed E-state index contributed by atoms with van der Waals surface area (Å²) in [6.07, 6.45) is 0.103. The Bertz CT molecular complexity index is 1160. The summed E-state index contributed by atoms with van der Waals surface area (Å²) in [6.45, 7) is 2.02. The van der Waals surface area contributed by atoms with Gasteiger partial charge < -0.3 is 10.3 Å². The van der Waals surface area contributed by atoms with E-state index in [1.807, 2.05) is 25.1 Å². The number of H-pyrrole nitrogens is 1. The maximum Gasteiger partial charge on any atom is 0.257 e. The van der Waals surface area contributed by atoms with Crippen LogP contribution in [0.25, 0.3) is 0 Å². The smallest absolute Gasteiger partial charge is 0.257 e. The highest BCUT2D eigenvalue weighted by Gasteiger charge is 2.31. The number of aromatic amines is 1. The molecule has 1 aliphatic heterocycles. The molecule has 2 N–H and O–H groups in total. The van der Waals surface area contributed by atoms with Gasteiger partial charge in [-0.2, -0.15) is 0 Å². The molecule has 1 unspecified atom stereocenters. The van der Waals surface area contributed by atoms with Gasteiger partial charge in [0.15, 0.2) is 5.16 Å². The van der Waals surface area contributed by atoms with Crippen LogP contribution in [0.3, 0.4) is 0 Å². The molecule has 1 atom stereocenters. The van der Waals surface area contributed by atoms with Crippen LogP contribution in [-0.4, -0.2) is 15.9 Å². The minimum Gasteiger partial charge on any atom is -0.310 e. The number of fused-ring (bicyclic) bond motifs is 1. The van der Waals surface area contributed by atoms with Crippen LogP contribution in [0.4, 0.5) is 10.2 Å². The van der Waals surface area contributed by atoms with Crippen molar-refractivity contribution in [1.82, 2.24) is 9.97 Å². The Hall–Kier alpha value is -2.45. The number of nitrogens with one attached hydrogen (secondary N) is 2. The molecule has 1 aliphatic rings. The first-order valence-electron chi connectivity index (χ1n) is 8.98. The molecule has 4 rings (SSSR count). The Morgan fingerprint density at radius 3 is 2.83 bits per heavy atom. The number of carbonyl (C=O) groups is 1. The lowest BCUT2D eigenvalue weighted by molar-refractivity contribution is -0.116. The molecule has 1 aromatic heterocycles. The highest BCUT2D eigenvalue weighted by molar-refractivity contribution is 9.10. The Morgan fingerprint density at radius 2 is 2.07 bits per heavy atom. The van der Waals surface area contributed by atoms with Gasteiger partial charge in [0.25, 0.3) is 5.56 Å². The zero-order valence-electron chi connectivity index (χ0n) is 15.5. The van der Waals surface area contributed by atoms with Gasteiger partial charge in [0.2, 0.25) is 5.91 Å². The third kappa shape index (κ3) is 4.28. The largest absolute Gasteiger partial charge is 0.310 e. The van der Waals surface area contributed by atoms with Crippen molar-refractivity contribution in [3.63, 3.8) is 0 Å². The first-order chi connectivity index (χ1) is 13.9. The van der Waals surface area contributed by atoms with E-state index in [0.29, 0.717) is 22.0 Å². The van der Waals surface area contributed by atoms with Crippen molar-refractivity contribution in [2.45, 2.75) is 30.2 Å². The van der Waals surface area contributed by atoms with E-state index in [4.69, 9.17) is 0 Å². The minimum atomic E-state index is -0.484. The fraction of sp³-hybridized carbons (Fsp3) is 0.190. The second-order valence-electron chi connectivity index (χ2n) is 6.89. The van der Waals surface area contributed by atoms with E-state index < -0.39 is 11.7 Å². The summed E-state index contributed by atoms with van der Waals surface area (Å²) in [6, 6.07) is 12.6. The van der Waals surface area contributed by atoms with E-state index in [2.05, 4.69) is 37.3 Å². The standard InChI is InChI=1S/C21H17BrFN3O2S/c1-11-3-2-4-12(7-11)10-29-21-25-19-18(20(28)26-21)14(9-17(27)24-19)13-5-6-16(23)15(22)8-13/h2-8,14H,9-10H2,1H3,(H2,24,25,26,27,28). The Kier molecular flexibility index (Phi) is 5.56. The van der Waals surface area contributed by atoms with Gasteiger partial charge in [-0.25, -0.2) is 9.37 Å². The van der Waals surface area contributed by atoms with E-state index >= 15 is 0 Å². The predicted octanol–water partition coefficient (Wildman–Crippen LogP) is 4.75. The van der Waals surface area contributed by atoms with Crippen LogP contribution in [0.15, 0.2) is 56.9 Å². The van der Waals surface area contributed by atoms with E-state index in [1.165, 1.54) is 17.8 Å². The number of hydrogen-bond acceptors (Lipinski definition) is 4. The molecule has 8 heteroatoms. The maximum absolute atomic E-state index is 13.6. The molecule has 0 saturated heterocycles. The summed E-state index contributed by atoms with van der Waals surface area (Å²) >= 11 is 4.56. The van der Waals surface area contributed by atoms with Crippen LogP contribution in [0.1, 0.15) is 34.6 Å². The van der Waals surface area contributed by atoms with Crippen LogP contribution in [-0.2, 0) is 10.5 Å². The summed E-state index contributed by atoms with van der Waals surface area (Å²) in [5.41, 5.74) is 3.06. The maximum atomic E-state index is 13.6. The Labute approximate surface area is 179 Å². The normalized spacial score (nSPS) is 15.7. The number of aryl methyl sites for hydroxylation is 1. The summed E-state index contributed by atoms with van der Waals surface area (Å²) in [7, 11) is 0. The number of halogens is 2. The fourth-order valence-corrected chi connectivity index (χ4v) is 4.59. The molecule has 2 heterocycles. The monoisotopic (exact) mass is 473 g/mol. The molecule has 29 heavy (non-hydrogen) atoms. The van der Waals surface area contributed by atoms with E-state index in [1.54, 1.807) is 12.1 Å².